The van der Waals surface area contributed by atoms with Crippen LogP contribution in [-0.4, -0.2) is 0 Å². The van der Waals surface area contributed by atoms with Crippen molar-refractivity contribution in [2.24, 2.45) is 0 Å². The third kappa shape index (κ3) is 5.40. The highest BCUT2D eigenvalue weighted by Gasteiger charge is 2.36. The van der Waals surface area contributed by atoms with Crippen LogP contribution in [0.1, 0.15) is 11.1 Å². The molecule has 0 aliphatic heterocycles. The minimum atomic E-state index is -4.46. The van der Waals surface area contributed by atoms with Gasteiger partial charge in [-0.05, 0) is 112 Å². The monoisotopic (exact) mass is 651 g/mol. The zero-order chi connectivity index (χ0) is 21.4. The van der Waals surface area contributed by atoms with Gasteiger partial charge in [0.25, 0.3) is 0 Å². The minimum absolute atomic E-state index is 0.594. The SMILES string of the molecule is FC(F)(F)c1ccc([S+](c2ccc(C(F)(F)F)cc2)c2ccc(I)cc2I)cc1. The number of rotatable bonds is 3. The molecule has 3 aromatic rings. The molecule has 0 aromatic heterocycles. The van der Waals surface area contributed by atoms with Crippen LogP contribution in [0.5, 0.6) is 0 Å². The Balaban J connectivity index is 2.12. The van der Waals surface area contributed by atoms with Gasteiger partial charge in [-0.25, -0.2) is 0 Å². The summed E-state index contributed by atoms with van der Waals surface area (Å²) < 4.78 is 79.4. The van der Waals surface area contributed by atoms with Crippen molar-refractivity contribution >= 4 is 56.1 Å². The molecule has 0 heterocycles. The molecule has 152 valence electrons. The van der Waals surface area contributed by atoms with Gasteiger partial charge in [-0.2, -0.15) is 26.3 Å². The lowest BCUT2D eigenvalue weighted by molar-refractivity contribution is -0.138. The Hall–Kier alpha value is -0.950. The lowest BCUT2D eigenvalue weighted by Crippen LogP contribution is -2.10. The maximum Gasteiger partial charge on any atom is 0.416 e. The van der Waals surface area contributed by atoms with E-state index in [0.29, 0.717) is 9.79 Å². The Morgan fingerprint density at radius 1 is 0.586 bits per heavy atom. The van der Waals surface area contributed by atoms with Crippen LogP contribution in [0.2, 0.25) is 0 Å². The van der Waals surface area contributed by atoms with Gasteiger partial charge in [-0.1, -0.05) is 0 Å². The van der Waals surface area contributed by atoms with Gasteiger partial charge in [-0.15, -0.1) is 0 Å². The Bertz CT molecular complexity index is 938. The van der Waals surface area contributed by atoms with E-state index in [1.807, 2.05) is 18.2 Å². The van der Waals surface area contributed by atoms with Crippen molar-refractivity contribution in [2.45, 2.75) is 27.0 Å². The second-order valence-corrected chi connectivity index (χ2v) is 10.3. The summed E-state index contributed by atoms with van der Waals surface area (Å²) in [5.74, 6) is 0. The van der Waals surface area contributed by atoms with Crippen LogP contribution in [0.25, 0.3) is 0 Å². The van der Waals surface area contributed by atoms with Crippen LogP contribution in [0.4, 0.5) is 26.3 Å². The topological polar surface area (TPSA) is 0 Å². The lowest BCUT2D eigenvalue weighted by atomic mass is 10.2. The molecule has 0 saturated carbocycles. The molecule has 0 N–H and O–H groups in total. The minimum Gasteiger partial charge on any atom is -0.166 e. The Morgan fingerprint density at radius 2 is 1.00 bits per heavy atom. The molecule has 0 fully saturated rings. The van der Waals surface area contributed by atoms with E-state index in [-0.39, 0.29) is 0 Å². The first-order valence-electron chi connectivity index (χ1n) is 8.00. The molecule has 0 atom stereocenters. The first-order valence-corrected chi connectivity index (χ1v) is 11.4. The van der Waals surface area contributed by atoms with Crippen molar-refractivity contribution < 1.29 is 26.3 Å². The van der Waals surface area contributed by atoms with Crippen LogP contribution < -0.4 is 0 Å². The lowest BCUT2D eigenvalue weighted by Gasteiger charge is -2.12. The summed E-state index contributed by atoms with van der Waals surface area (Å²) in [4.78, 5) is 2.03. The summed E-state index contributed by atoms with van der Waals surface area (Å²) >= 11 is 4.29. The summed E-state index contributed by atoms with van der Waals surface area (Å²) in [6.45, 7) is 0. The fourth-order valence-corrected chi connectivity index (χ4v) is 6.91. The second kappa shape index (κ2) is 8.66. The molecule has 0 saturated heterocycles. The van der Waals surface area contributed by atoms with Gasteiger partial charge in [-0.3, -0.25) is 0 Å². The average Bonchev–Trinajstić information content (AvgIpc) is 2.63. The van der Waals surface area contributed by atoms with E-state index >= 15 is 0 Å². The molecule has 29 heavy (non-hydrogen) atoms. The molecule has 3 aromatic carbocycles. The van der Waals surface area contributed by atoms with Crippen molar-refractivity contribution in [2.75, 3.05) is 0 Å². The summed E-state index contributed by atoms with van der Waals surface area (Å²) in [7, 11) is -0.850. The fraction of sp³-hybridized carbons (Fsp3) is 0.100. The molecule has 0 aliphatic carbocycles. The summed E-state index contributed by atoms with van der Waals surface area (Å²) in [5, 5.41) is 0. The molecule has 0 spiro atoms. The average molecular weight is 651 g/mol. The second-order valence-electron chi connectivity index (χ2n) is 5.93. The van der Waals surface area contributed by atoms with Crippen molar-refractivity contribution in [3.8, 4) is 0 Å². The number of hydrogen-bond donors (Lipinski definition) is 0. The zero-order valence-corrected chi connectivity index (χ0v) is 19.4. The van der Waals surface area contributed by atoms with Gasteiger partial charge in [0, 0.05) is 3.57 Å². The van der Waals surface area contributed by atoms with Gasteiger partial charge in [0.1, 0.15) is 10.9 Å². The molecule has 0 amide bonds. The summed E-state index contributed by atoms with van der Waals surface area (Å²) in [6.07, 6.45) is -8.91. The van der Waals surface area contributed by atoms with Gasteiger partial charge in [0.15, 0.2) is 14.7 Å². The largest absolute Gasteiger partial charge is 0.416 e. The van der Waals surface area contributed by atoms with Gasteiger partial charge < -0.3 is 0 Å². The summed E-state index contributed by atoms with van der Waals surface area (Å²) in [5.41, 5.74) is -1.54. The Kier molecular flexibility index (Phi) is 6.78. The van der Waals surface area contributed by atoms with E-state index in [0.717, 1.165) is 36.3 Å². The van der Waals surface area contributed by atoms with Crippen LogP contribution in [-0.2, 0) is 23.2 Å². The van der Waals surface area contributed by atoms with Gasteiger partial charge in [0.05, 0.1) is 14.7 Å². The van der Waals surface area contributed by atoms with Crippen LogP contribution in [0, 0.1) is 7.14 Å². The Morgan fingerprint density at radius 3 is 1.34 bits per heavy atom. The number of alkyl halides is 6. The highest BCUT2D eigenvalue weighted by Crippen LogP contribution is 2.38. The molecule has 0 bridgehead atoms. The molecule has 0 nitrogen and oxygen atoms in total. The molecule has 9 heteroatoms. The van der Waals surface area contributed by atoms with Crippen molar-refractivity contribution in [1.29, 1.82) is 0 Å². The van der Waals surface area contributed by atoms with E-state index in [9.17, 15) is 26.3 Å². The van der Waals surface area contributed by atoms with Crippen LogP contribution in [0.15, 0.2) is 81.4 Å². The smallest absolute Gasteiger partial charge is 0.166 e. The first kappa shape index (κ1) is 22.7. The third-order valence-corrected chi connectivity index (χ3v) is 8.16. The zero-order valence-electron chi connectivity index (χ0n) is 14.3. The maximum atomic E-state index is 12.9. The van der Waals surface area contributed by atoms with Crippen molar-refractivity contribution in [3.05, 3.63) is 85.0 Å². The molecule has 0 radical (unpaired) electrons. The van der Waals surface area contributed by atoms with E-state index in [2.05, 4.69) is 45.2 Å². The Labute approximate surface area is 193 Å². The molecule has 0 unspecified atom stereocenters. The molecule has 3 rings (SSSR count). The van der Waals surface area contributed by atoms with Gasteiger partial charge >= 0.3 is 12.4 Å². The number of hydrogen-bond acceptors (Lipinski definition) is 0. The van der Waals surface area contributed by atoms with Gasteiger partial charge in [0.2, 0.25) is 0 Å². The van der Waals surface area contributed by atoms with E-state index < -0.39 is 34.4 Å². The number of benzene rings is 3. The molecular formula is C20H11F6I2S+. The highest BCUT2D eigenvalue weighted by atomic mass is 127. The van der Waals surface area contributed by atoms with Crippen LogP contribution in [0.3, 0.4) is 0 Å². The quantitative estimate of drug-likeness (QED) is 0.153. The molecule has 0 aliphatic rings. The third-order valence-electron chi connectivity index (χ3n) is 3.95. The normalized spacial score (nSPS) is 12.4. The fourth-order valence-electron chi connectivity index (χ4n) is 2.59. The predicted octanol–water partition coefficient (Wildman–Crippen LogP) is 8.03. The van der Waals surface area contributed by atoms with Crippen molar-refractivity contribution in [3.63, 3.8) is 0 Å². The van der Waals surface area contributed by atoms with Crippen molar-refractivity contribution in [1.82, 2.24) is 0 Å². The summed E-state index contributed by atoms with van der Waals surface area (Å²) in [6, 6.07) is 15.2. The van der Waals surface area contributed by atoms with E-state index in [1.54, 1.807) is 0 Å². The van der Waals surface area contributed by atoms with E-state index in [1.165, 1.54) is 24.3 Å². The highest BCUT2D eigenvalue weighted by molar-refractivity contribution is 14.1. The molecular weight excluding hydrogens is 640 g/mol. The standard InChI is InChI=1S/C20H11F6I2S/c21-19(22,23)12-1-6-15(7-2-12)29(18-10-5-14(27)11-17(18)28)16-8-3-13(4-9-16)20(24,25)26/h1-11H/q+1. The van der Waals surface area contributed by atoms with Crippen LogP contribution >= 0.6 is 45.2 Å². The predicted molar refractivity (Wildman–Crippen MR) is 117 cm³/mol. The first-order chi connectivity index (χ1) is 13.5. The van der Waals surface area contributed by atoms with E-state index in [4.69, 9.17) is 0 Å². The maximum absolute atomic E-state index is 12.9. The number of halogens is 8.